The maximum atomic E-state index is 12.8. The molecule has 0 saturated carbocycles. The molecular formula is C61H100O6. The molecule has 0 aromatic carbocycles. The summed E-state index contributed by atoms with van der Waals surface area (Å²) in [6.07, 6.45) is 73.6. The lowest BCUT2D eigenvalue weighted by Crippen LogP contribution is -2.30. The van der Waals surface area contributed by atoms with Crippen molar-refractivity contribution in [3.63, 3.8) is 0 Å². The molecule has 1 atom stereocenters. The van der Waals surface area contributed by atoms with Crippen LogP contribution in [-0.4, -0.2) is 37.2 Å². The van der Waals surface area contributed by atoms with Gasteiger partial charge in [0.05, 0.1) is 0 Å². The maximum Gasteiger partial charge on any atom is 0.306 e. The number of hydrogen-bond donors (Lipinski definition) is 0. The summed E-state index contributed by atoms with van der Waals surface area (Å²) in [6, 6.07) is 0. The Morgan fingerprint density at radius 3 is 0.970 bits per heavy atom. The van der Waals surface area contributed by atoms with Crippen LogP contribution in [0, 0.1) is 0 Å². The molecule has 6 nitrogen and oxygen atoms in total. The molecule has 0 N–H and O–H groups in total. The van der Waals surface area contributed by atoms with Gasteiger partial charge in [0.1, 0.15) is 13.2 Å². The molecule has 380 valence electrons. The van der Waals surface area contributed by atoms with Crippen LogP contribution in [0.1, 0.15) is 239 Å². The van der Waals surface area contributed by atoms with Gasteiger partial charge in [-0.15, -0.1) is 0 Å². The lowest BCUT2D eigenvalue weighted by molar-refractivity contribution is -0.167. The average molecular weight is 929 g/mol. The molecule has 0 heterocycles. The van der Waals surface area contributed by atoms with Gasteiger partial charge in [-0.1, -0.05) is 207 Å². The Morgan fingerprint density at radius 1 is 0.313 bits per heavy atom. The highest BCUT2D eigenvalue weighted by Gasteiger charge is 2.19. The van der Waals surface area contributed by atoms with Crippen LogP contribution in [0.15, 0.2) is 109 Å². The first-order valence-electron chi connectivity index (χ1n) is 27.4. The predicted molar refractivity (Wildman–Crippen MR) is 288 cm³/mol. The molecule has 0 aromatic heterocycles. The molecule has 0 saturated heterocycles. The summed E-state index contributed by atoms with van der Waals surface area (Å²) < 4.78 is 16.8. The molecule has 0 rings (SSSR count). The lowest BCUT2D eigenvalue weighted by atomic mass is 10.1. The van der Waals surface area contributed by atoms with Crippen LogP contribution in [0.4, 0.5) is 0 Å². The van der Waals surface area contributed by atoms with Crippen LogP contribution in [0.2, 0.25) is 0 Å². The Kier molecular flexibility index (Phi) is 51.5. The summed E-state index contributed by atoms with van der Waals surface area (Å²) in [7, 11) is 0. The highest BCUT2D eigenvalue weighted by atomic mass is 16.6. The Morgan fingerprint density at radius 2 is 0.597 bits per heavy atom. The topological polar surface area (TPSA) is 78.9 Å². The monoisotopic (exact) mass is 929 g/mol. The van der Waals surface area contributed by atoms with Crippen LogP contribution in [0.3, 0.4) is 0 Å². The fourth-order valence-electron chi connectivity index (χ4n) is 7.13. The molecule has 0 aromatic rings. The van der Waals surface area contributed by atoms with E-state index in [0.29, 0.717) is 19.3 Å². The minimum atomic E-state index is -0.813. The second-order valence-electron chi connectivity index (χ2n) is 17.7. The fourth-order valence-corrected chi connectivity index (χ4v) is 7.13. The number of allylic oxidation sites excluding steroid dienone is 18. The van der Waals surface area contributed by atoms with Crippen LogP contribution >= 0.6 is 0 Å². The lowest BCUT2D eigenvalue weighted by Gasteiger charge is -2.18. The number of ether oxygens (including phenoxy) is 3. The van der Waals surface area contributed by atoms with Crippen molar-refractivity contribution in [3.8, 4) is 0 Å². The van der Waals surface area contributed by atoms with Gasteiger partial charge in [-0.25, -0.2) is 0 Å². The molecule has 1 unspecified atom stereocenters. The highest BCUT2D eigenvalue weighted by molar-refractivity contribution is 5.71. The van der Waals surface area contributed by atoms with Crippen LogP contribution in [-0.2, 0) is 28.6 Å². The molecule has 6 heteroatoms. The van der Waals surface area contributed by atoms with Crippen molar-refractivity contribution < 1.29 is 28.6 Å². The SMILES string of the molecule is CC/C=C\C/C=C\C/C=C\C/C=C\C/C=C\CCCC(=O)OCC(COC(=O)CCCCCCC/C=C\C/C=C\CCCCC)OC(=O)CCCCCCCCC/C=C\C/C=C\CCCCC. The van der Waals surface area contributed by atoms with E-state index < -0.39 is 6.10 Å². The zero-order valence-corrected chi connectivity index (χ0v) is 43.4. The quantitative estimate of drug-likeness (QED) is 0.0262. The minimum Gasteiger partial charge on any atom is -0.462 e. The molecule has 0 bridgehead atoms. The van der Waals surface area contributed by atoms with E-state index in [-0.39, 0.29) is 37.5 Å². The van der Waals surface area contributed by atoms with Gasteiger partial charge >= 0.3 is 17.9 Å². The van der Waals surface area contributed by atoms with Gasteiger partial charge < -0.3 is 14.2 Å². The molecule has 0 amide bonds. The van der Waals surface area contributed by atoms with E-state index >= 15 is 0 Å². The standard InChI is InChI=1S/C61H100O6/c1-4-7-10-13-16-19-22-25-28-30-33-36-39-42-45-48-51-54-60(63)66-57-58(56-65-59(62)53-50-47-44-41-38-35-32-27-24-21-18-15-12-9-6-3)67-61(64)55-52-49-46-43-40-37-34-31-29-26-23-20-17-14-11-8-5-2/h7,10,16-21,25-29,32-33,36,42,45,58H,4-6,8-9,11-15,22-24,30-31,34-35,37-41,43-44,46-57H2,1-3H3/b10-7-,19-16-,20-17-,21-18-,28-25-,29-26-,32-27-,36-33-,45-42-. The molecule has 0 radical (unpaired) electrons. The summed E-state index contributed by atoms with van der Waals surface area (Å²) >= 11 is 0. The molecule has 0 aliphatic carbocycles. The normalized spacial score (nSPS) is 12.9. The Balaban J connectivity index is 4.53. The van der Waals surface area contributed by atoms with Crippen LogP contribution in [0.5, 0.6) is 0 Å². The number of esters is 3. The van der Waals surface area contributed by atoms with E-state index in [1.54, 1.807) is 0 Å². The Bertz CT molecular complexity index is 1390. The summed E-state index contributed by atoms with van der Waals surface area (Å²) in [5.41, 5.74) is 0. The molecule has 0 spiro atoms. The molecular weight excluding hydrogens is 829 g/mol. The molecule has 67 heavy (non-hydrogen) atoms. The zero-order valence-electron chi connectivity index (χ0n) is 43.4. The van der Waals surface area contributed by atoms with Gasteiger partial charge in [0.25, 0.3) is 0 Å². The van der Waals surface area contributed by atoms with Crippen molar-refractivity contribution in [2.45, 2.75) is 245 Å². The average Bonchev–Trinajstić information content (AvgIpc) is 3.33. The predicted octanol–water partition coefficient (Wildman–Crippen LogP) is 18.3. The largest absolute Gasteiger partial charge is 0.462 e. The van der Waals surface area contributed by atoms with E-state index in [0.717, 1.165) is 116 Å². The van der Waals surface area contributed by atoms with Gasteiger partial charge in [-0.05, 0) is 122 Å². The van der Waals surface area contributed by atoms with E-state index in [2.05, 4.69) is 130 Å². The van der Waals surface area contributed by atoms with Crippen LogP contribution in [0.25, 0.3) is 0 Å². The van der Waals surface area contributed by atoms with Gasteiger partial charge in [-0.3, -0.25) is 14.4 Å². The van der Waals surface area contributed by atoms with Gasteiger partial charge in [0.15, 0.2) is 6.10 Å². The van der Waals surface area contributed by atoms with Crippen molar-refractivity contribution in [1.29, 1.82) is 0 Å². The number of rotatable bonds is 48. The number of carbonyl (C=O) groups is 3. The number of unbranched alkanes of at least 4 members (excludes halogenated alkanes) is 19. The third-order valence-electron chi connectivity index (χ3n) is 11.2. The Labute approximate surface area is 412 Å². The van der Waals surface area contributed by atoms with Crippen molar-refractivity contribution in [2.75, 3.05) is 13.2 Å². The van der Waals surface area contributed by atoms with Crippen molar-refractivity contribution >= 4 is 17.9 Å². The van der Waals surface area contributed by atoms with E-state index in [1.165, 1.54) is 77.0 Å². The fraction of sp³-hybridized carbons (Fsp3) is 0.656. The number of carbonyl (C=O) groups excluding carboxylic acids is 3. The van der Waals surface area contributed by atoms with Crippen molar-refractivity contribution in [3.05, 3.63) is 109 Å². The zero-order chi connectivity index (χ0) is 48.6. The van der Waals surface area contributed by atoms with Crippen molar-refractivity contribution in [2.24, 2.45) is 0 Å². The maximum absolute atomic E-state index is 12.8. The summed E-state index contributed by atoms with van der Waals surface area (Å²) in [5, 5.41) is 0. The third-order valence-corrected chi connectivity index (χ3v) is 11.2. The van der Waals surface area contributed by atoms with E-state index in [1.807, 2.05) is 0 Å². The van der Waals surface area contributed by atoms with Crippen LogP contribution < -0.4 is 0 Å². The highest BCUT2D eigenvalue weighted by Crippen LogP contribution is 2.13. The number of hydrogen-bond acceptors (Lipinski definition) is 6. The first kappa shape index (κ1) is 63.1. The van der Waals surface area contributed by atoms with E-state index in [9.17, 15) is 14.4 Å². The summed E-state index contributed by atoms with van der Waals surface area (Å²) in [6.45, 7) is 6.40. The minimum absolute atomic E-state index is 0.108. The summed E-state index contributed by atoms with van der Waals surface area (Å²) in [4.78, 5) is 38.1. The van der Waals surface area contributed by atoms with Gasteiger partial charge in [0.2, 0.25) is 0 Å². The smallest absolute Gasteiger partial charge is 0.306 e. The van der Waals surface area contributed by atoms with Gasteiger partial charge in [0, 0.05) is 19.3 Å². The second kappa shape index (κ2) is 54.7. The third kappa shape index (κ3) is 52.9. The van der Waals surface area contributed by atoms with Crippen molar-refractivity contribution in [1.82, 2.24) is 0 Å². The molecule has 0 fully saturated rings. The summed E-state index contributed by atoms with van der Waals surface area (Å²) in [5.74, 6) is -0.991. The Hall–Kier alpha value is -3.93. The molecule has 0 aliphatic rings. The first-order chi connectivity index (χ1) is 33.0. The van der Waals surface area contributed by atoms with E-state index in [4.69, 9.17) is 14.2 Å². The van der Waals surface area contributed by atoms with Gasteiger partial charge in [-0.2, -0.15) is 0 Å². The second-order valence-corrected chi connectivity index (χ2v) is 17.7. The molecule has 0 aliphatic heterocycles. The first-order valence-corrected chi connectivity index (χ1v) is 27.4.